The molecule has 1 aromatic heterocycles. The number of halogens is 6. The number of carbonyl (C=O) groups is 2. The average Bonchev–Trinajstić information content (AvgIpc) is 3.15. The molecular formula is C24H19F6N3O5. The number of rotatable bonds is 5. The molecule has 3 atom stereocenters. The number of hydrogen-bond acceptors (Lipinski definition) is 5. The van der Waals surface area contributed by atoms with Crippen LogP contribution in [0.1, 0.15) is 27.0 Å². The van der Waals surface area contributed by atoms with Crippen molar-refractivity contribution in [2.24, 2.45) is 17.8 Å². The van der Waals surface area contributed by atoms with E-state index in [1.165, 1.54) is 17.0 Å². The van der Waals surface area contributed by atoms with Crippen LogP contribution in [-0.2, 0) is 23.7 Å². The van der Waals surface area contributed by atoms with Gasteiger partial charge in [-0.3, -0.25) is 9.78 Å². The largest absolute Gasteiger partial charge is 0.445 e. The lowest BCUT2D eigenvalue weighted by molar-refractivity contribution is -0.143. The number of alkyl halides is 6. The molecule has 2 heterocycles. The van der Waals surface area contributed by atoms with Crippen LogP contribution in [0.3, 0.4) is 0 Å². The van der Waals surface area contributed by atoms with E-state index in [0.717, 1.165) is 0 Å². The van der Waals surface area contributed by atoms with E-state index in [4.69, 9.17) is 9.15 Å². The standard InChI is InChI=1S/C24H19F6N3O5/c25-23(26,27)13-3-11(4-14(6-13)24(28,29)30)10-37-22(36)33-8-16-15(17(16)9-33)7-31-20(34)12-1-2-18-19(5-12)38-21(35)32-18/h1-6,15-17H,7-10H2,(H,31,34)(H,32,35)/t15?,16-,17+. The molecule has 38 heavy (non-hydrogen) atoms. The molecule has 3 aromatic rings. The van der Waals surface area contributed by atoms with E-state index in [9.17, 15) is 40.7 Å². The molecule has 2 amide bonds. The first-order valence-electron chi connectivity index (χ1n) is 11.4. The lowest BCUT2D eigenvalue weighted by Gasteiger charge is -2.20. The van der Waals surface area contributed by atoms with E-state index in [2.05, 4.69) is 10.3 Å². The maximum absolute atomic E-state index is 13.0. The van der Waals surface area contributed by atoms with Gasteiger partial charge in [0.25, 0.3) is 5.91 Å². The zero-order valence-electron chi connectivity index (χ0n) is 19.3. The molecule has 0 bridgehead atoms. The number of hydrogen-bond donors (Lipinski definition) is 2. The molecule has 1 unspecified atom stereocenters. The Labute approximate surface area is 209 Å². The van der Waals surface area contributed by atoms with Gasteiger partial charge in [-0.05, 0) is 59.7 Å². The second-order valence-electron chi connectivity index (χ2n) is 9.30. The number of carbonyl (C=O) groups excluding carboxylic acids is 2. The second-order valence-corrected chi connectivity index (χ2v) is 9.30. The zero-order chi connectivity index (χ0) is 27.4. The van der Waals surface area contributed by atoms with Crippen molar-refractivity contribution in [1.82, 2.24) is 15.2 Å². The van der Waals surface area contributed by atoms with Crippen LogP contribution in [0.5, 0.6) is 0 Å². The Kier molecular flexibility index (Phi) is 6.15. The van der Waals surface area contributed by atoms with E-state index >= 15 is 0 Å². The number of amides is 2. The van der Waals surface area contributed by atoms with E-state index in [1.54, 1.807) is 6.07 Å². The van der Waals surface area contributed by atoms with Gasteiger partial charge < -0.3 is 19.4 Å². The number of aromatic amines is 1. The molecule has 5 rings (SSSR count). The Hall–Kier alpha value is -3.97. The van der Waals surface area contributed by atoms with Gasteiger partial charge in [-0.15, -0.1) is 0 Å². The topological polar surface area (TPSA) is 105 Å². The number of likely N-dealkylation sites (tertiary alicyclic amines) is 1. The molecule has 1 aliphatic heterocycles. The van der Waals surface area contributed by atoms with Crippen molar-refractivity contribution in [3.05, 3.63) is 69.2 Å². The van der Waals surface area contributed by atoms with Gasteiger partial charge in [0, 0.05) is 25.2 Å². The normalized spacial score (nSPS) is 20.9. The molecule has 2 aromatic carbocycles. The van der Waals surface area contributed by atoms with Crippen molar-refractivity contribution in [3.63, 3.8) is 0 Å². The van der Waals surface area contributed by atoms with Crippen LogP contribution in [0.25, 0.3) is 11.1 Å². The van der Waals surface area contributed by atoms with E-state index in [1.807, 2.05) is 0 Å². The molecule has 0 spiro atoms. The Bertz CT molecular complexity index is 1420. The third kappa shape index (κ3) is 5.20. The highest BCUT2D eigenvalue weighted by atomic mass is 19.4. The Morgan fingerprint density at radius 3 is 2.24 bits per heavy atom. The van der Waals surface area contributed by atoms with E-state index in [-0.39, 0.29) is 35.3 Å². The van der Waals surface area contributed by atoms with Crippen molar-refractivity contribution >= 4 is 23.1 Å². The van der Waals surface area contributed by atoms with Crippen molar-refractivity contribution in [3.8, 4) is 0 Å². The molecule has 0 radical (unpaired) electrons. The summed E-state index contributed by atoms with van der Waals surface area (Å²) in [5.74, 6) is -0.727. The lowest BCUT2D eigenvalue weighted by atomic mass is 10.1. The van der Waals surface area contributed by atoms with E-state index in [0.29, 0.717) is 42.8 Å². The number of fused-ring (bicyclic) bond motifs is 2. The highest BCUT2D eigenvalue weighted by Gasteiger charge is 2.56. The van der Waals surface area contributed by atoms with Crippen LogP contribution in [0.15, 0.2) is 45.6 Å². The molecule has 14 heteroatoms. The van der Waals surface area contributed by atoms with Crippen LogP contribution in [-0.4, -0.2) is 41.5 Å². The van der Waals surface area contributed by atoms with Crippen molar-refractivity contribution < 1.29 is 45.1 Å². The molecule has 202 valence electrons. The number of oxazole rings is 1. The summed E-state index contributed by atoms with van der Waals surface area (Å²) in [5.41, 5.74) is -2.38. The van der Waals surface area contributed by atoms with Crippen LogP contribution in [0.2, 0.25) is 0 Å². The monoisotopic (exact) mass is 543 g/mol. The molecular weight excluding hydrogens is 524 g/mol. The highest BCUT2D eigenvalue weighted by Crippen LogP contribution is 2.51. The van der Waals surface area contributed by atoms with Crippen LogP contribution in [0, 0.1) is 17.8 Å². The third-order valence-corrected chi connectivity index (χ3v) is 6.82. The van der Waals surface area contributed by atoms with Crippen LogP contribution < -0.4 is 11.1 Å². The molecule has 8 nitrogen and oxygen atoms in total. The van der Waals surface area contributed by atoms with Crippen molar-refractivity contribution in [2.75, 3.05) is 19.6 Å². The summed E-state index contributed by atoms with van der Waals surface area (Å²) in [6.07, 6.45) is -10.8. The summed E-state index contributed by atoms with van der Waals surface area (Å²) < 4.78 is 88.0. The van der Waals surface area contributed by atoms with Gasteiger partial charge in [0.15, 0.2) is 5.58 Å². The minimum absolute atomic E-state index is 0.00843. The fourth-order valence-corrected chi connectivity index (χ4v) is 4.84. The summed E-state index contributed by atoms with van der Waals surface area (Å²) in [4.78, 5) is 39.9. The summed E-state index contributed by atoms with van der Waals surface area (Å²) in [6, 6.07) is 5.57. The average molecular weight is 543 g/mol. The quantitative estimate of drug-likeness (QED) is 0.465. The maximum Gasteiger partial charge on any atom is 0.417 e. The van der Waals surface area contributed by atoms with Gasteiger partial charge >= 0.3 is 24.2 Å². The van der Waals surface area contributed by atoms with Gasteiger partial charge in [-0.2, -0.15) is 26.3 Å². The first-order chi connectivity index (χ1) is 17.8. The number of nitrogens with zero attached hydrogens (tertiary/aromatic N) is 1. The summed E-state index contributed by atoms with van der Waals surface area (Å²) in [5, 5.41) is 2.80. The van der Waals surface area contributed by atoms with Crippen molar-refractivity contribution in [2.45, 2.75) is 19.0 Å². The second kappa shape index (κ2) is 9.10. The first kappa shape index (κ1) is 25.7. The summed E-state index contributed by atoms with van der Waals surface area (Å²) in [7, 11) is 0. The Morgan fingerprint density at radius 2 is 1.63 bits per heavy atom. The maximum atomic E-state index is 13.0. The number of nitrogens with one attached hydrogen (secondary N) is 2. The Balaban J connectivity index is 1.12. The van der Waals surface area contributed by atoms with Crippen LogP contribution in [0.4, 0.5) is 31.1 Å². The SMILES string of the molecule is O=C(NCC1[C@H]2CN(C(=O)OCc3cc(C(F)(F)F)cc(C(F)(F)F)c3)C[C@@H]12)c1ccc2[nH]c(=O)oc2c1. The van der Waals surface area contributed by atoms with Gasteiger partial charge in [0.1, 0.15) is 6.61 Å². The molecule has 1 aliphatic carbocycles. The lowest BCUT2D eigenvalue weighted by Crippen LogP contribution is -2.34. The smallest absolute Gasteiger partial charge is 0.417 e. The number of aromatic nitrogens is 1. The summed E-state index contributed by atoms with van der Waals surface area (Å²) >= 11 is 0. The number of benzene rings is 2. The molecule has 1 saturated carbocycles. The van der Waals surface area contributed by atoms with Gasteiger partial charge in [0.2, 0.25) is 0 Å². The highest BCUT2D eigenvalue weighted by molar-refractivity contribution is 5.97. The fourth-order valence-electron chi connectivity index (χ4n) is 4.84. The van der Waals surface area contributed by atoms with E-state index < -0.39 is 47.5 Å². The predicted molar refractivity (Wildman–Crippen MR) is 118 cm³/mol. The van der Waals surface area contributed by atoms with Gasteiger partial charge in [-0.1, -0.05) is 0 Å². The molecule has 2 aliphatic rings. The van der Waals surface area contributed by atoms with Gasteiger partial charge in [-0.25, -0.2) is 9.59 Å². The number of ether oxygens (including phenoxy) is 1. The zero-order valence-corrected chi connectivity index (χ0v) is 19.3. The predicted octanol–water partition coefficient (Wildman–Crippen LogP) is 4.40. The minimum atomic E-state index is -4.99. The fraction of sp³-hybridized carbons (Fsp3) is 0.375. The van der Waals surface area contributed by atoms with Gasteiger partial charge in [0.05, 0.1) is 16.6 Å². The number of H-pyrrole nitrogens is 1. The molecule has 1 saturated heterocycles. The summed E-state index contributed by atoms with van der Waals surface area (Å²) in [6.45, 7) is 0.182. The first-order valence-corrected chi connectivity index (χ1v) is 11.4. The molecule has 2 fully saturated rings. The van der Waals surface area contributed by atoms with Crippen LogP contribution >= 0.6 is 0 Å². The molecule has 2 N–H and O–H groups in total. The van der Waals surface area contributed by atoms with Crippen molar-refractivity contribution in [1.29, 1.82) is 0 Å². The third-order valence-electron chi connectivity index (χ3n) is 6.82. The Morgan fingerprint density at radius 1 is 1.00 bits per heavy atom. The minimum Gasteiger partial charge on any atom is -0.445 e. The number of piperidine rings is 1.